The molecule has 39 heavy (non-hydrogen) atoms. The minimum Gasteiger partial charge on any atom is -0.339 e. The van der Waals surface area contributed by atoms with Crippen molar-refractivity contribution in [3.05, 3.63) is 72.5 Å². The number of aromatic nitrogens is 6. The van der Waals surface area contributed by atoms with Gasteiger partial charge in [-0.05, 0) is 43.2 Å². The third kappa shape index (κ3) is 5.54. The summed E-state index contributed by atoms with van der Waals surface area (Å²) in [5.74, 6) is -1.94. The van der Waals surface area contributed by atoms with Crippen molar-refractivity contribution in [2.45, 2.75) is 24.9 Å². The highest BCUT2D eigenvalue weighted by molar-refractivity contribution is 6.03. The summed E-state index contributed by atoms with van der Waals surface area (Å²) in [5, 5.41) is 12.5. The number of amides is 2. The first kappa shape index (κ1) is 25.8. The molecule has 1 aliphatic heterocycles. The van der Waals surface area contributed by atoms with E-state index in [1.165, 1.54) is 18.3 Å². The summed E-state index contributed by atoms with van der Waals surface area (Å²) in [4.78, 5) is 38.6. The lowest BCUT2D eigenvalue weighted by Gasteiger charge is -2.30. The minimum absolute atomic E-state index is 0.0514. The van der Waals surface area contributed by atoms with Crippen molar-refractivity contribution in [2.24, 2.45) is 0 Å². The Bertz CT molecular complexity index is 1520. The summed E-state index contributed by atoms with van der Waals surface area (Å²) < 4.78 is 47.2. The Morgan fingerprint density at radius 3 is 2.82 bits per heavy atom. The SMILES string of the molecule is C=CC(=O)N1CCCC(c2nc(-c3cnc(NC(=O)c4cccc(-c5ccn[nH]5)n4)c(C(F)(F)F)c3)no2)C1. The average molecular weight is 538 g/mol. The molecular weight excluding hydrogens is 517 g/mol. The van der Waals surface area contributed by atoms with Crippen molar-refractivity contribution in [3.63, 3.8) is 0 Å². The van der Waals surface area contributed by atoms with Crippen molar-refractivity contribution in [3.8, 4) is 22.8 Å². The first-order chi connectivity index (χ1) is 18.7. The maximum Gasteiger partial charge on any atom is 0.419 e. The number of rotatable bonds is 6. The summed E-state index contributed by atoms with van der Waals surface area (Å²) in [6.07, 6.45) is 0.370. The van der Waals surface area contributed by atoms with Crippen LogP contribution in [-0.2, 0) is 11.0 Å². The molecule has 1 fully saturated rings. The lowest BCUT2D eigenvalue weighted by atomic mass is 9.98. The first-order valence-electron chi connectivity index (χ1n) is 11.8. The second kappa shape index (κ2) is 10.5. The van der Waals surface area contributed by atoms with E-state index >= 15 is 0 Å². The van der Waals surface area contributed by atoms with Crippen LogP contribution in [0.3, 0.4) is 0 Å². The predicted octanol–water partition coefficient (Wildman–Crippen LogP) is 4.08. The second-order valence-electron chi connectivity index (χ2n) is 8.73. The molecule has 0 spiro atoms. The number of pyridine rings is 2. The fourth-order valence-corrected chi connectivity index (χ4v) is 4.21. The van der Waals surface area contributed by atoms with E-state index in [9.17, 15) is 22.8 Å². The number of H-pyrrole nitrogens is 1. The number of aromatic amines is 1. The Labute approximate surface area is 219 Å². The van der Waals surface area contributed by atoms with Gasteiger partial charge in [-0.15, -0.1) is 0 Å². The lowest BCUT2D eigenvalue weighted by Crippen LogP contribution is -2.38. The zero-order chi connectivity index (χ0) is 27.6. The van der Waals surface area contributed by atoms with Gasteiger partial charge in [-0.25, -0.2) is 9.97 Å². The summed E-state index contributed by atoms with van der Waals surface area (Å²) in [7, 11) is 0. The van der Waals surface area contributed by atoms with Gasteiger partial charge in [0.15, 0.2) is 0 Å². The van der Waals surface area contributed by atoms with E-state index in [2.05, 4.69) is 42.2 Å². The Hall–Kier alpha value is -4.88. The largest absolute Gasteiger partial charge is 0.419 e. The summed E-state index contributed by atoms with van der Waals surface area (Å²) in [6, 6.07) is 6.97. The highest BCUT2D eigenvalue weighted by Gasteiger charge is 2.36. The van der Waals surface area contributed by atoms with Gasteiger partial charge in [0.1, 0.15) is 11.5 Å². The van der Waals surface area contributed by atoms with E-state index in [1.54, 1.807) is 23.1 Å². The Morgan fingerprint density at radius 2 is 2.08 bits per heavy atom. The maximum absolute atomic E-state index is 14.0. The van der Waals surface area contributed by atoms with E-state index < -0.39 is 23.5 Å². The van der Waals surface area contributed by atoms with Gasteiger partial charge in [0.2, 0.25) is 17.6 Å². The summed E-state index contributed by atoms with van der Waals surface area (Å²) in [5.41, 5.74) is -0.423. The minimum atomic E-state index is -4.85. The van der Waals surface area contributed by atoms with E-state index in [0.717, 1.165) is 12.3 Å². The van der Waals surface area contributed by atoms with Crippen LogP contribution >= 0.6 is 0 Å². The molecule has 4 aromatic rings. The molecule has 2 N–H and O–H groups in total. The van der Waals surface area contributed by atoms with Crippen LogP contribution in [0, 0.1) is 0 Å². The van der Waals surface area contributed by atoms with E-state index in [4.69, 9.17) is 4.52 Å². The monoisotopic (exact) mass is 538 g/mol. The number of hydrogen-bond acceptors (Lipinski definition) is 8. The number of hydrogen-bond donors (Lipinski definition) is 2. The van der Waals surface area contributed by atoms with Crippen LogP contribution < -0.4 is 5.32 Å². The van der Waals surface area contributed by atoms with Gasteiger partial charge in [0, 0.05) is 31.0 Å². The zero-order valence-electron chi connectivity index (χ0n) is 20.3. The molecule has 200 valence electrons. The third-order valence-corrected chi connectivity index (χ3v) is 6.14. The standard InChI is InChI=1S/C25H21F3N8O3/c1-2-20(37)36-10-4-5-14(13-36)24-33-21(35-39-24)15-11-16(25(26,27)28)22(29-12-15)32-23(38)19-7-3-6-17(31-19)18-8-9-30-34-18/h2-3,6-9,11-12,14H,1,4-5,10,13H2,(H,30,34)(H,29,32,38). The van der Waals surface area contributed by atoms with Crippen LogP contribution in [0.25, 0.3) is 22.8 Å². The molecule has 0 aromatic carbocycles. The van der Waals surface area contributed by atoms with Crippen molar-refractivity contribution in [2.75, 3.05) is 18.4 Å². The third-order valence-electron chi connectivity index (χ3n) is 6.14. The number of likely N-dealkylation sites (tertiary alicyclic amines) is 1. The van der Waals surface area contributed by atoms with Crippen LogP contribution in [0.15, 0.2) is 59.9 Å². The molecule has 0 aliphatic carbocycles. The van der Waals surface area contributed by atoms with Crippen LogP contribution in [0.5, 0.6) is 0 Å². The maximum atomic E-state index is 14.0. The molecular formula is C25H21F3N8O3. The van der Waals surface area contributed by atoms with E-state index in [0.29, 0.717) is 37.3 Å². The molecule has 0 radical (unpaired) electrons. The van der Waals surface area contributed by atoms with Gasteiger partial charge < -0.3 is 14.7 Å². The number of nitrogens with zero attached hydrogens (tertiary/aromatic N) is 6. The number of piperidine rings is 1. The first-order valence-corrected chi connectivity index (χ1v) is 11.8. The van der Waals surface area contributed by atoms with Crippen molar-refractivity contribution >= 4 is 17.6 Å². The van der Waals surface area contributed by atoms with Crippen molar-refractivity contribution in [1.82, 2.24) is 35.2 Å². The van der Waals surface area contributed by atoms with Crippen molar-refractivity contribution < 1.29 is 27.3 Å². The molecule has 1 aliphatic rings. The smallest absolute Gasteiger partial charge is 0.339 e. The van der Waals surface area contributed by atoms with Crippen LogP contribution in [0.2, 0.25) is 0 Å². The van der Waals surface area contributed by atoms with Gasteiger partial charge in [0.05, 0.1) is 22.9 Å². The Balaban J connectivity index is 1.38. The van der Waals surface area contributed by atoms with Gasteiger partial charge in [-0.2, -0.15) is 23.3 Å². The van der Waals surface area contributed by atoms with Crippen LogP contribution in [0.4, 0.5) is 19.0 Å². The zero-order valence-corrected chi connectivity index (χ0v) is 20.3. The fourth-order valence-electron chi connectivity index (χ4n) is 4.21. The van der Waals surface area contributed by atoms with E-state index in [-0.39, 0.29) is 34.8 Å². The number of anilines is 1. The lowest BCUT2D eigenvalue weighted by molar-refractivity contribution is -0.137. The normalized spacial score (nSPS) is 15.7. The van der Waals surface area contributed by atoms with Crippen LogP contribution in [0.1, 0.15) is 40.7 Å². The molecule has 0 saturated carbocycles. The number of alkyl halides is 3. The Kier molecular flexibility index (Phi) is 6.92. The van der Waals surface area contributed by atoms with Crippen molar-refractivity contribution in [1.29, 1.82) is 0 Å². The molecule has 5 heterocycles. The molecule has 4 aromatic heterocycles. The molecule has 1 saturated heterocycles. The molecule has 5 rings (SSSR count). The predicted molar refractivity (Wildman–Crippen MR) is 131 cm³/mol. The number of carbonyl (C=O) groups is 2. The number of carbonyl (C=O) groups excluding carboxylic acids is 2. The highest BCUT2D eigenvalue weighted by Crippen LogP contribution is 2.36. The molecule has 14 heteroatoms. The Morgan fingerprint density at radius 1 is 1.23 bits per heavy atom. The average Bonchev–Trinajstić information content (AvgIpc) is 3.66. The second-order valence-corrected chi connectivity index (χ2v) is 8.73. The van der Waals surface area contributed by atoms with Gasteiger partial charge in [-0.3, -0.25) is 14.7 Å². The summed E-state index contributed by atoms with van der Waals surface area (Å²) >= 11 is 0. The topological polar surface area (TPSA) is 143 Å². The molecule has 2 amide bonds. The fraction of sp³-hybridized carbons (Fsp3) is 0.240. The van der Waals surface area contributed by atoms with Gasteiger partial charge in [-0.1, -0.05) is 17.8 Å². The van der Waals surface area contributed by atoms with Gasteiger partial charge >= 0.3 is 6.18 Å². The van der Waals surface area contributed by atoms with E-state index in [1.807, 2.05) is 0 Å². The molecule has 1 atom stereocenters. The quantitative estimate of drug-likeness (QED) is 0.350. The highest BCUT2D eigenvalue weighted by atomic mass is 19.4. The van der Waals surface area contributed by atoms with Gasteiger partial charge in [0.25, 0.3) is 5.91 Å². The number of halogens is 3. The molecule has 0 bridgehead atoms. The summed E-state index contributed by atoms with van der Waals surface area (Å²) in [6.45, 7) is 4.39. The van der Waals surface area contributed by atoms with Crippen LogP contribution in [-0.4, -0.2) is 60.1 Å². The molecule has 1 unspecified atom stereocenters. The molecule has 11 nitrogen and oxygen atoms in total. The number of nitrogens with one attached hydrogen (secondary N) is 2.